The van der Waals surface area contributed by atoms with Gasteiger partial charge in [0.2, 0.25) is 0 Å². The molecule has 1 N–H and O–H groups in total. The molecule has 0 unspecified atom stereocenters. The van der Waals surface area contributed by atoms with Crippen LogP contribution in [0, 0.1) is 13.8 Å². The second-order valence-electron chi connectivity index (χ2n) is 6.66. The lowest BCUT2D eigenvalue weighted by atomic mass is 9.87. The fourth-order valence-electron chi connectivity index (χ4n) is 2.36. The number of hydrogen-bond acceptors (Lipinski definition) is 1. The van der Waals surface area contributed by atoms with Crippen LogP contribution in [0.1, 0.15) is 47.8 Å². The summed E-state index contributed by atoms with van der Waals surface area (Å²) in [7, 11) is 0. The van der Waals surface area contributed by atoms with Gasteiger partial charge in [0.25, 0.3) is 5.91 Å². The number of nitrogens with one attached hydrogen (secondary N) is 1. The summed E-state index contributed by atoms with van der Waals surface area (Å²) in [6.07, 6.45) is 0. The van der Waals surface area contributed by atoms with Crippen molar-refractivity contribution in [3.63, 3.8) is 0 Å². The largest absolute Gasteiger partial charge is 0.322 e. The number of aryl methyl sites for hydroxylation is 2. The van der Waals surface area contributed by atoms with E-state index >= 15 is 0 Å². The minimum absolute atomic E-state index is 0.0645. The number of benzene rings is 2. The molecular weight excluding hydrogens is 258 g/mol. The molecule has 1 amide bonds. The molecular formula is C19H23NO. The van der Waals surface area contributed by atoms with E-state index in [0.29, 0.717) is 5.56 Å². The first-order valence-electron chi connectivity index (χ1n) is 7.26. The van der Waals surface area contributed by atoms with Crippen molar-refractivity contribution in [2.45, 2.75) is 40.0 Å². The Morgan fingerprint density at radius 1 is 0.905 bits per heavy atom. The van der Waals surface area contributed by atoms with Crippen LogP contribution in [0.15, 0.2) is 42.5 Å². The van der Waals surface area contributed by atoms with Gasteiger partial charge in [-0.3, -0.25) is 4.79 Å². The van der Waals surface area contributed by atoms with E-state index in [-0.39, 0.29) is 11.3 Å². The SMILES string of the molecule is Cc1cc(C)cc(C(=O)Nc2ccc(C(C)(C)C)cc2)c1. The average molecular weight is 281 g/mol. The maximum Gasteiger partial charge on any atom is 0.255 e. The van der Waals surface area contributed by atoms with Gasteiger partial charge >= 0.3 is 0 Å². The molecule has 2 rings (SSSR count). The van der Waals surface area contributed by atoms with E-state index in [0.717, 1.165) is 16.8 Å². The quantitative estimate of drug-likeness (QED) is 0.837. The summed E-state index contributed by atoms with van der Waals surface area (Å²) < 4.78 is 0. The molecule has 0 saturated carbocycles. The minimum atomic E-state index is -0.0645. The Bertz CT molecular complexity index is 628. The topological polar surface area (TPSA) is 29.1 Å². The van der Waals surface area contributed by atoms with E-state index in [2.05, 4.69) is 44.3 Å². The number of anilines is 1. The molecule has 0 radical (unpaired) electrons. The fourth-order valence-corrected chi connectivity index (χ4v) is 2.36. The first-order valence-corrected chi connectivity index (χ1v) is 7.26. The van der Waals surface area contributed by atoms with Crippen molar-refractivity contribution in [1.82, 2.24) is 0 Å². The molecule has 0 aromatic heterocycles. The van der Waals surface area contributed by atoms with Crippen LogP contribution in [-0.4, -0.2) is 5.91 Å². The van der Waals surface area contributed by atoms with Gasteiger partial charge in [-0.2, -0.15) is 0 Å². The zero-order valence-corrected chi connectivity index (χ0v) is 13.4. The molecule has 0 bridgehead atoms. The normalized spacial score (nSPS) is 11.3. The summed E-state index contributed by atoms with van der Waals surface area (Å²) in [4.78, 5) is 12.3. The van der Waals surface area contributed by atoms with Crippen molar-refractivity contribution < 1.29 is 4.79 Å². The molecule has 0 fully saturated rings. The maximum absolute atomic E-state index is 12.3. The summed E-state index contributed by atoms with van der Waals surface area (Å²) in [5.74, 6) is -0.0645. The lowest BCUT2D eigenvalue weighted by Gasteiger charge is -2.19. The van der Waals surface area contributed by atoms with Gasteiger partial charge in [-0.25, -0.2) is 0 Å². The van der Waals surface area contributed by atoms with Crippen molar-refractivity contribution in [2.75, 3.05) is 5.32 Å². The third-order valence-electron chi connectivity index (χ3n) is 3.49. The Balaban J connectivity index is 2.16. The van der Waals surface area contributed by atoms with Gasteiger partial charge in [0.15, 0.2) is 0 Å². The van der Waals surface area contributed by atoms with Gasteiger partial charge in [0.1, 0.15) is 0 Å². The van der Waals surface area contributed by atoms with Crippen LogP contribution in [0.4, 0.5) is 5.69 Å². The molecule has 0 aliphatic rings. The molecule has 110 valence electrons. The smallest absolute Gasteiger partial charge is 0.255 e. The van der Waals surface area contributed by atoms with E-state index in [1.807, 2.05) is 38.1 Å². The van der Waals surface area contributed by atoms with Crippen molar-refractivity contribution in [3.8, 4) is 0 Å². The molecule has 2 aromatic rings. The molecule has 0 aliphatic carbocycles. The Labute approximate surface area is 127 Å². The summed E-state index contributed by atoms with van der Waals surface area (Å²) in [5, 5.41) is 2.95. The number of rotatable bonds is 2. The van der Waals surface area contributed by atoms with Crippen LogP contribution in [-0.2, 0) is 5.41 Å². The van der Waals surface area contributed by atoms with Crippen molar-refractivity contribution in [3.05, 3.63) is 64.7 Å². The van der Waals surface area contributed by atoms with Crippen LogP contribution < -0.4 is 5.32 Å². The van der Waals surface area contributed by atoms with E-state index in [1.54, 1.807) is 0 Å². The van der Waals surface area contributed by atoms with E-state index in [4.69, 9.17) is 0 Å². The van der Waals surface area contributed by atoms with Gasteiger partial charge < -0.3 is 5.32 Å². The lowest BCUT2D eigenvalue weighted by molar-refractivity contribution is 0.102. The predicted octanol–water partition coefficient (Wildman–Crippen LogP) is 4.85. The molecule has 2 heteroatoms. The summed E-state index contributed by atoms with van der Waals surface area (Å²) in [5.41, 5.74) is 5.11. The fraction of sp³-hybridized carbons (Fsp3) is 0.316. The number of amides is 1. The van der Waals surface area contributed by atoms with Crippen molar-refractivity contribution >= 4 is 11.6 Å². The predicted molar refractivity (Wildman–Crippen MR) is 89.0 cm³/mol. The summed E-state index contributed by atoms with van der Waals surface area (Å²) in [6, 6.07) is 13.9. The maximum atomic E-state index is 12.3. The first-order chi connectivity index (χ1) is 9.75. The molecule has 2 nitrogen and oxygen atoms in total. The Hall–Kier alpha value is -2.09. The van der Waals surface area contributed by atoms with Crippen LogP contribution in [0.3, 0.4) is 0 Å². The molecule has 0 saturated heterocycles. The van der Waals surface area contributed by atoms with Gasteiger partial charge in [0.05, 0.1) is 0 Å². The number of carbonyl (C=O) groups excluding carboxylic acids is 1. The van der Waals surface area contributed by atoms with Gasteiger partial charge in [0, 0.05) is 11.3 Å². The van der Waals surface area contributed by atoms with Crippen LogP contribution in [0.25, 0.3) is 0 Å². The third-order valence-corrected chi connectivity index (χ3v) is 3.49. The van der Waals surface area contributed by atoms with Crippen LogP contribution >= 0.6 is 0 Å². The molecule has 21 heavy (non-hydrogen) atoms. The van der Waals surface area contributed by atoms with Crippen molar-refractivity contribution in [2.24, 2.45) is 0 Å². The summed E-state index contributed by atoms with van der Waals surface area (Å²) >= 11 is 0. The highest BCUT2D eigenvalue weighted by atomic mass is 16.1. The average Bonchev–Trinajstić information content (AvgIpc) is 2.37. The van der Waals surface area contributed by atoms with Crippen molar-refractivity contribution in [1.29, 1.82) is 0 Å². The van der Waals surface area contributed by atoms with E-state index in [1.165, 1.54) is 5.56 Å². The zero-order valence-electron chi connectivity index (χ0n) is 13.4. The molecule has 0 aliphatic heterocycles. The summed E-state index contributed by atoms with van der Waals surface area (Å²) in [6.45, 7) is 10.5. The highest BCUT2D eigenvalue weighted by molar-refractivity contribution is 6.04. The van der Waals surface area contributed by atoms with Crippen LogP contribution in [0.2, 0.25) is 0 Å². The minimum Gasteiger partial charge on any atom is -0.322 e. The number of carbonyl (C=O) groups is 1. The van der Waals surface area contributed by atoms with Crippen LogP contribution in [0.5, 0.6) is 0 Å². The van der Waals surface area contributed by atoms with Gasteiger partial charge in [-0.1, -0.05) is 50.1 Å². The molecule has 0 heterocycles. The van der Waals surface area contributed by atoms with E-state index < -0.39 is 0 Å². The number of hydrogen-bond donors (Lipinski definition) is 1. The highest BCUT2D eigenvalue weighted by Gasteiger charge is 2.13. The third kappa shape index (κ3) is 3.94. The Kier molecular flexibility index (Phi) is 4.17. The molecule has 0 spiro atoms. The molecule has 0 atom stereocenters. The standard InChI is InChI=1S/C19H23NO/c1-13-10-14(2)12-15(11-13)18(21)20-17-8-6-16(7-9-17)19(3,4)5/h6-12H,1-5H3,(H,20,21). The Morgan fingerprint density at radius 3 is 1.90 bits per heavy atom. The zero-order chi connectivity index (χ0) is 15.6. The van der Waals surface area contributed by atoms with Gasteiger partial charge in [-0.15, -0.1) is 0 Å². The highest BCUT2D eigenvalue weighted by Crippen LogP contribution is 2.23. The first kappa shape index (κ1) is 15.3. The Morgan fingerprint density at radius 2 is 1.43 bits per heavy atom. The second kappa shape index (κ2) is 5.72. The van der Waals surface area contributed by atoms with Gasteiger partial charge in [-0.05, 0) is 49.1 Å². The second-order valence-corrected chi connectivity index (χ2v) is 6.66. The lowest BCUT2D eigenvalue weighted by Crippen LogP contribution is -2.14. The monoisotopic (exact) mass is 281 g/mol. The molecule has 2 aromatic carbocycles. The van der Waals surface area contributed by atoms with E-state index in [9.17, 15) is 4.79 Å².